The molecular weight excluding hydrogens is 330 g/mol. The largest absolute Gasteiger partial charge is 0.497 e. The van der Waals surface area contributed by atoms with Crippen molar-refractivity contribution in [2.45, 2.75) is 0 Å². The first kappa shape index (κ1) is 18.5. The van der Waals surface area contributed by atoms with Gasteiger partial charge in [0, 0.05) is 19.8 Å². The van der Waals surface area contributed by atoms with Gasteiger partial charge in [-0.1, -0.05) is 72.8 Å². The maximum atomic E-state index is 5.18. The van der Waals surface area contributed by atoms with Crippen LogP contribution >= 0.6 is 0 Å². The fourth-order valence-corrected chi connectivity index (χ4v) is 2.70. The van der Waals surface area contributed by atoms with Crippen molar-refractivity contribution in [1.29, 1.82) is 0 Å². The lowest BCUT2D eigenvalue weighted by Gasteiger charge is -2.11. The second kappa shape index (κ2) is 8.91. The monoisotopic (exact) mass is 355 g/mol. The summed E-state index contributed by atoms with van der Waals surface area (Å²) < 4.78 is 5.18. The molecule has 0 aliphatic rings. The predicted molar refractivity (Wildman–Crippen MR) is 118 cm³/mol. The Balaban J connectivity index is 1.63. The Morgan fingerprint density at radius 3 is 1.22 bits per heavy atom. The van der Waals surface area contributed by atoms with Crippen LogP contribution in [0.1, 0.15) is 22.3 Å². The first-order valence-corrected chi connectivity index (χ1v) is 9.02. The summed E-state index contributed by atoms with van der Waals surface area (Å²) in [5, 5.41) is 0. The molecule has 0 N–H and O–H groups in total. The molecule has 0 bridgehead atoms. The molecule has 0 heterocycles. The summed E-state index contributed by atoms with van der Waals surface area (Å²) in [6.07, 6.45) is 8.51. The van der Waals surface area contributed by atoms with E-state index < -0.39 is 0 Å². The van der Waals surface area contributed by atoms with Crippen LogP contribution in [0.3, 0.4) is 0 Å². The highest BCUT2D eigenvalue weighted by Gasteiger charge is 1.95. The van der Waals surface area contributed by atoms with Gasteiger partial charge in [0.1, 0.15) is 5.75 Å². The van der Waals surface area contributed by atoms with E-state index in [1.165, 1.54) is 22.4 Å². The van der Waals surface area contributed by atoms with Crippen LogP contribution < -0.4 is 9.64 Å². The average Bonchev–Trinajstić information content (AvgIpc) is 2.72. The van der Waals surface area contributed by atoms with Gasteiger partial charge in [0.15, 0.2) is 0 Å². The summed E-state index contributed by atoms with van der Waals surface area (Å²) in [6.45, 7) is 0. The molecule has 0 amide bonds. The summed E-state index contributed by atoms with van der Waals surface area (Å²) in [4.78, 5) is 2.10. The standard InChI is InChI=1S/C25H25NO/c1-26(2)24-16-12-22(13-17-24)10-8-20-4-6-21(7-5-20)9-11-23-14-18-25(27-3)19-15-23/h4-19H,1-3H3/b10-8+,11-9+. The Morgan fingerprint density at radius 2 is 0.889 bits per heavy atom. The maximum Gasteiger partial charge on any atom is 0.118 e. The number of ether oxygens (including phenoxy) is 1. The molecular formula is C25H25NO. The lowest BCUT2D eigenvalue weighted by Crippen LogP contribution is -2.07. The number of methoxy groups -OCH3 is 1. The second-order valence-electron chi connectivity index (χ2n) is 6.59. The molecule has 3 aromatic rings. The van der Waals surface area contributed by atoms with Gasteiger partial charge in [-0.25, -0.2) is 0 Å². The SMILES string of the molecule is COc1ccc(/C=C/c2ccc(/C=C/c3ccc(N(C)C)cc3)cc2)cc1. The van der Waals surface area contributed by atoms with Crippen molar-refractivity contribution in [3.8, 4) is 5.75 Å². The first-order chi connectivity index (χ1) is 13.1. The van der Waals surface area contributed by atoms with Gasteiger partial charge in [-0.3, -0.25) is 0 Å². The smallest absolute Gasteiger partial charge is 0.118 e. The van der Waals surface area contributed by atoms with Crippen molar-refractivity contribution >= 4 is 30.0 Å². The van der Waals surface area contributed by atoms with E-state index in [0.29, 0.717) is 0 Å². The lowest BCUT2D eigenvalue weighted by molar-refractivity contribution is 0.415. The Morgan fingerprint density at radius 1 is 0.556 bits per heavy atom. The van der Waals surface area contributed by atoms with Crippen LogP contribution in [0.25, 0.3) is 24.3 Å². The van der Waals surface area contributed by atoms with Crippen LogP contribution in [0.15, 0.2) is 72.8 Å². The zero-order valence-corrected chi connectivity index (χ0v) is 16.1. The molecule has 0 saturated carbocycles. The second-order valence-corrected chi connectivity index (χ2v) is 6.59. The highest BCUT2D eigenvalue weighted by Crippen LogP contribution is 2.16. The third-order valence-electron chi connectivity index (χ3n) is 4.40. The molecule has 0 aromatic heterocycles. The van der Waals surface area contributed by atoms with Gasteiger partial charge >= 0.3 is 0 Å². The van der Waals surface area contributed by atoms with Gasteiger partial charge in [0.05, 0.1) is 7.11 Å². The van der Waals surface area contributed by atoms with Gasteiger partial charge in [0.25, 0.3) is 0 Å². The third kappa shape index (κ3) is 5.35. The predicted octanol–water partition coefficient (Wildman–Crippen LogP) is 6.10. The van der Waals surface area contributed by atoms with Crippen molar-refractivity contribution in [3.63, 3.8) is 0 Å². The van der Waals surface area contributed by atoms with E-state index in [-0.39, 0.29) is 0 Å². The van der Waals surface area contributed by atoms with E-state index >= 15 is 0 Å². The van der Waals surface area contributed by atoms with Crippen LogP contribution in [-0.2, 0) is 0 Å². The molecule has 3 rings (SSSR count). The van der Waals surface area contributed by atoms with Gasteiger partial charge in [-0.2, -0.15) is 0 Å². The molecule has 136 valence electrons. The van der Waals surface area contributed by atoms with Gasteiger partial charge in [-0.05, 0) is 46.5 Å². The molecule has 0 fully saturated rings. The Labute approximate surface area is 162 Å². The maximum absolute atomic E-state index is 5.18. The molecule has 0 aliphatic heterocycles. The topological polar surface area (TPSA) is 12.5 Å². The lowest BCUT2D eigenvalue weighted by atomic mass is 10.1. The number of rotatable bonds is 6. The number of benzene rings is 3. The van der Waals surface area contributed by atoms with Crippen molar-refractivity contribution in [3.05, 3.63) is 95.1 Å². The zero-order valence-electron chi connectivity index (χ0n) is 16.1. The van der Waals surface area contributed by atoms with Gasteiger partial charge in [0.2, 0.25) is 0 Å². The molecule has 0 saturated heterocycles. The minimum Gasteiger partial charge on any atom is -0.497 e. The fourth-order valence-electron chi connectivity index (χ4n) is 2.70. The summed E-state index contributed by atoms with van der Waals surface area (Å²) in [6, 6.07) is 25.1. The van der Waals surface area contributed by atoms with Crippen LogP contribution in [-0.4, -0.2) is 21.2 Å². The fraction of sp³-hybridized carbons (Fsp3) is 0.120. The summed E-state index contributed by atoms with van der Waals surface area (Å²) in [7, 11) is 5.78. The highest BCUT2D eigenvalue weighted by atomic mass is 16.5. The van der Waals surface area contributed by atoms with Crippen LogP contribution in [0.5, 0.6) is 5.75 Å². The Hall–Kier alpha value is -3.26. The van der Waals surface area contributed by atoms with E-state index in [2.05, 4.69) is 91.8 Å². The normalized spacial score (nSPS) is 11.2. The van der Waals surface area contributed by atoms with Crippen LogP contribution in [0.4, 0.5) is 5.69 Å². The van der Waals surface area contributed by atoms with E-state index in [1.807, 2.05) is 24.3 Å². The molecule has 27 heavy (non-hydrogen) atoms. The summed E-state index contributed by atoms with van der Waals surface area (Å²) in [5.74, 6) is 0.875. The van der Waals surface area contributed by atoms with Crippen LogP contribution in [0.2, 0.25) is 0 Å². The van der Waals surface area contributed by atoms with E-state index in [0.717, 1.165) is 11.3 Å². The van der Waals surface area contributed by atoms with Crippen molar-refractivity contribution < 1.29 is 4.74 Å². The highest BCUT2D eigenvalue weighted by molar-refractivity contribution is 5.73. The molecule has 2 nitrogen and oxygen atoms in total. The van der Waals surface area contributed by atoms with Crippen LogP contribution in [0, 0.1) is 0 Å². The van der Waals surface area contributed by atoms with Crippen molar-refractivity contribution in [1.82, 2.24) is 0 Å². The third-order valence-corrected chi connectivity index (χ3v) is 4.40. The molecule has 0 atom stereocenters. The van der Waals surface area contributed by atoms with Gasteiger partial charge in [-0.15, -0.1) is 0 Å². The summed E-state index contributed by atoms with van der Waals surface area (Å²) in [5.41, 5.74) is 5.93. The quantitative estimate of drug-likeness (QED) is 0.495. The molecule has 0 spiro atoms. The molecule has 0 aliphatic carbocycles. The Bertz CT molecular complexity index is 902. The minimum atomic E-state index is 0.875. The zero-order chi connectivity index (χ0) is 19.1. The van der Waals surface area contributed by atoms with E-state index in [1.54, 1.807) is 7.11 Å². The molecule has 0 unspecified atom stereocenters. The first-order valence-electron chi connectivity index (χ1n) is 9.02. The molecule has 0 radical (unpaired) electrons. The average molecular weight is 355 g/mol. The van der Waals surface area contributed by atoms with Crippen molar-refractivity contribution in [2.75, 3.05) is 26.1 Å². The number of hydrogen-bond acceptors (Lipinski definition) is 2. The molecule has 2 heteroatoms. The molecule has 3 aromatic carbocycles. The Kier molecular flexibility index (Phi) is 6.11. The number of hydrogen-bond donors (Lipinski definition) is 0. The van der Waals surface area contributed by atoms with Gasteiger partial charge < -0.3 is 9.64 Å². The minimum absolute atomic E-state index is 0.875. The number of nitrogens with zero attached hydrogens (tertiary/aromatic N) is 1. The van der Waals surface area contributed by atoms with E-state index in [9.17, 15) is 0 Å². The number of anilines is 1. The van der Waals surface area contributed by atoms with E-state index in [4.69, 9.17) is 4.74 Å². The van der Waals surface area contributed by atoms with Crippen molar-refractivity contribution in [2.24, 2.45) is 0 Å². The summed E-state index contributed by atoms with van der Waals surface area (Å²) >= 11 is 0.